The van der Waals surface area contributed by atoms with E-state index in [-0.39, 0.29) is 5.97 Å². The van der Waals surface area contributed by atoms with E-state index in [4.69, 9.17) is 16.3 Å². The Morgan fingerprint density at radius 2 is 2.24 bits per heavy atom. The Morgan fingerprint density at radius 3 is 2.86 bits per heavy atom. The standard InChI is InChI=1S/C13H11Br2ClN2O2S/c1-2-20-12(19)9-3-7(14)4-10(15)11(9)17-5-8-6-18-13(16)21-8/h3-4,6,17H,2,5H2,1H3. The van der Waals surface area contributed by atoms with Crippen LogP contribution in [0, 0.1) is 0 Å². The molecule has 0 amide bonds. The first-order chi connectivity index (χ1) is 10.0. The van der Waals surface area contributed by atoms with Crippen molar-refractivity contribution in [3.05, 3.63) is 42.2 Å². The van der Waals surface area contributed by atoms with E-state index in [2.05, 4.69) is 42.2 Å². The molecular formula is C13H11Br2ClN2O2S. The SMILES string of the molecule is CCOC(=O)c1cc(Br)cc(Br)c1NCc1cnc(Cl)s1. The van der Waals surface area contributed by atoms with Crippen LogP contribution in [0.4, 0.5) is 5.69 Å². The van der Waals surface area contributed by atoms with E-state index in [9.17, 15) is 4.79 Å². The van der Waals surface area contributed by atoms with Gasteiger partial charge in [0.25, 0.3) is 0 Å². The number of hydrogen-bond donors (Lipinski definition) is 1. The molecule has 1 aromatic carbocycles. The second kappa shape index (κ2) is 7.58. The van der Waals surface area contributed by atoms with Crippen LogP contribution in [-0.2, 0) is 11.3 Å². The third-order valence-electron chi connectivity index (χ3n) is 2.52. The maximum absolute atomic E-state index is 12.1. The zero-order chi connectivity index (χ0) is 15.4. The van der Waals surface area contributed by atoms with Gasteiger partial charge in [0.05, 0.1) is 24.4 Å². The summed E-state index contributed by atoms with van der Waals surface area (Å²) in [5, 5.41) is 3.22. The number of carbonyl (C=O) groups is 1. The fourth-order valence-electron chi connectivity index (χ4n) is 1.66. The first-order valence-corrected chi connectivity index (χ1v) is 8.79. The maximum atomic E-state index is 12.1. The summed E-state index contributed by atoms with van der Waals surface area (Å²) in [7, 11) is 0. The molecule has 1 heterocycles. The molecule has 0 spiro atoms. The van der Waals surface area contributed by atoms with Gasteiger partial charge >= 0.3 is 5.97 Å². The zero-order valence-electron chi connectivity index (χ0n) is 11.0. The highest BCUT2D eigenvalue weighted by molar-refractivity contribution is 9.11. The third-order valence-corrected chi connectivity index (χ3v) is 4.71. The van der Waals surface area contributed by atoms with Crippen LogP contribution in [0.5, 0.6) is 0 Å². The van der Waals surface area contributed by atoms with E-state index in [0.717, 1.165) is 13.8 Å². The van der Waals surface area contributed by atoms with Crippen LogP contribution in [0.15, 0.2) is 27.3 Å². The normalized spacial score (nSPS) is 10.5. The molecule has 4 nitrogen and oxygen atoms in total. The minimum atomic E-state index is -0.371. The Bertz CT molecular complexity index is 664. The molecule has 2 rings (SSSR count). The molecule has 0 saturated heterocycles. The van der Waals surface area contributed by atoms with E-state index in [1.807, 2.05) is 6.07 Å². The molecule has 8 heteroatoms. The Hall–Kier alpha value is -0.630. The number of hydrogen-bond acceptors (Lipinski definition) is 5. The van der Waals surface area contributed by atoms with Gasteiger partial charge in [0.2, 0.25) is 0 Å². The maximum Gasteiger partial charge on any atom is 0.340 e. The topological polar surface area (TPSA) is 51.2 Å². The summed E-state index contributed by atoms with van der Waals surface area (Å²) in [5.74, 6) is -0.371. The zero-order valence-corrected chi connectivity index (χ0v) is 15.7. The van der Waals surface area contributed by atoms with Crippen molar-refractivity contribution in [3.8, 4) is 0 Å². The van der Waals surface area contributed by atoms with Crippen molar-refractivity contribution in [3.63, 3.8) is 0 Å². The van der Waals surface area contributed by atoms with Gasteiger partial charge in [-0.15, -0.1) is 11.3 Å². The van der Waals surface area contributed by atoms with Gasteiger partial charge < -0.3 is 10.1 Å². The van der Waals surface area contributed by atoms with Crippen LogP contribution in [0.2, 0.25) is 4.47 Å². The van der Waals surface area contributed by atoms with Gasteiger partial charge in [-0.3, -0.25) is 0 Å². The monoisotopic (exact) mass is 452 g/mol. The summed E-state index contributed by atoms with van der Waals surface area (Å²) in [6.07, 6.45) is 1.71. The number of nitrogens with zero attached hydrogens (tertiary/aromatic N) is 1. The second-order valence-electron chi connectivity index (χ2n) is 3.96. The summed E-state index contributed by atoms with van der Waals surface area (Å²) in [5.41, 5.74) is 1.15. The molecule has 1 aromatic heterocycles. The highest BCUT2D eigenvalue weighted by atomic mass is 79.9. The van der Waals surface area contributed by atoms with Crippen LogP contribution in [0.1, 0.15) is 22.2 Å². The van der Waals surface area contributed by atoms with Crippen LogP contribution in [0.25, 0.3) is 0 Å². The average molecular weight is 455 g/mol. The minimum absolute atomic E-state index is 0.326. The van der Waals surface area contributed by atoms with Gasteiger partial charge in [0.15, 0.2) is 4.47 Å². The molecule has 2 aromatic rings. The van der Waals surface area contributed by atoms with E-state index in [0.29, 0.717) is 28.9 Å². The molecule has 0 bridgehead atoms. The van der Waals surface area contributed by atoms with Crippen molar-refractivity contribution in [2.45, 2.75) is 13.5 Å². The molecule has 0 unspecified atom stereocenters. The highest BCUT2D eigenvalue weighted by Crippen LogP contribution is 2.32. The first-order valence-electron chi connectivity index (χ1n) is 6.01. The molecule has 0 saturated carbocycles. The number of aromatic nitrogens is 1. The van der Waals surface area contributed by atoms with E-state index < -0.39 is 0 Å². The van der Waals surface area contributed by atoms with Gasteiger partial charge in [-0.25, -0.2) is 9.78 Å². The van der Waals surface area contributed by atoms with Crippen molar-refractivity contribution in [2.75, 3.05) is 11.9 Å². The molecule has 0 aliphatic heterocycles. The molecule has 0 aliphatic rings. The summed E-state index contributed by atoms with van der Waals surface area (Å²) in [6, 6.07) is 3.59. The van der Waals surface area contributed by atoms with Crippen molar-refractivity contribution < 1.29 is 9.53 Å². The molecule has 0 radical (unpaired) electrons. The number of anilines is 1. The lowest BCUT2D eigenvalue weighted by Gasteiger charge is -2.13. The number of halogens is 3. The lowest BCUT2D eigenvalue weighted by molar-refractivity contribution is 0.0527. The van der Waals surface area contributed by atoms with Gasteiger partial charge in [-0.05, 0) is 35.0 Å². The Labute approximate surface area is 148 Å². The summed E-state index contributed by atoms with van der Waals surface area (Å²) < 4.78 is 7.14. The number of ether oxygens (including phenoxy) is 1. The van der Waals surface area contributed by atoms with Crippen LogP contribution in [-0.4, -0.2) is 17.6 Å². The fraction of sp³-hybridized carbons (Fsp3) is 0.231. The largest absolute Gasteiger partial charge is 0.462 e. The molecule has 21 heavy (non-hydrogen) atoms. The molecule has 0 fully saturated rings. The molecule has 0 aliphatic carbocycles. The summed E-state index contributed by atoms with van der Waals surface area (Å²) in [6.45, 7) is 2.63. The number of nitrogens with one attached hydrogen (secondary N) is 1. The van der Waals surface area contributed by atoms with E-state index in [1.165, 1.54) is 11.3 Å². The predicted molar refractivity (Wildman–Crippen MR) is 92.2 cm³/mol. The molecule has 0 atom stereocenters. The number of benzene rings is 1. The van der Waals surface area contributed by atoms with E-state index >= 15 is 0 Å². The number of thiazole rings is 1. The highest BCUT2D eigenvalue weighted by Gasteiger charge is 2.16. The number of carbonyl (C=O) groups excluding carboxylic acids is 1. The second-order valence-corrected chi connectivity index (χ2v) is 7.43. The predicted octanol–water partition coefficient (Wildman–Crippen LogP) is 5.11. The van der Waals surface area contributed by atoms with Crippen molar-refractivity contribution in [2.24, 2.45) is 0 Å². The lowest BCUT2D eigenvalue weighted by atomic mass is 10.2. The lowest BCUT2D eigenvalue weighted by Crippen LogP contribution is -2.10. The first kappa shape index (κ1) is 16.7. The Balaban J connectivity index is 2.26. The van der Waals surface area contributed by atoms with Crippen molar-refractivity contribution >= 4 is 66.5 Å². The quantitative estimate of drug-likeness (QED) is 0.638. The van der Waals surface area contributed by atoms with Gasteiger partial charge in [0.1, 0.15) is 0 Å². The number of esters is 1. The average Bonchev–Trinajstić information content (AvgIpc) is 2.83. The smallest absolute Gasteiger partial charge is 0.340 e. The van der Waals surface area contributed by atoms with Crippen LogP contribution >= 0.6 is 54.8 Å². The summed E-state index contributed by atoms with van der Waals surface area (Å²) in [4.78, 5) is 17.0. The molecular weight excluding hydrogens is 443 g/mol. The molecule has 112 valence electrons. The summed E-state index contributed by atoms with van der Waals surface area (Å²) >= 11 is 14.0. The van der Waals surface area contributed by atoms with Gasteiger partial charge in [-0.1, -0.05) is 27.5 Å². The van der Waals surface area contributed by atoms with Crippen LogP contribution < -0.4 is 5.32 Å². The Kier molecular flexibility index (Phi) is 6.04. The fourth-order valence-corrected chi connectivity index (χ4v) is 3.95. The molecule has 1 N–H and O–H groups in total. The minimum Gasteiger partial charge on any atom is -0.462 e. The number of rotatable bonds is 5. The van der Waals surface area contributed by atoms with Crippen molar-refractivity contribution in [1.82, 2.24) is 4.98 Å². The van der Waals surface area contributed by atoms with Crippen molar-refractivity contribution in [1.29, 1.82) is 0 Å². The van der Waals surface area contributed by atoms with Gasteiger partial charge in [0, 0.05) is 20.0 Å². The van der Waals surface area contributed by atoms with Crippen LogP contribution in [0.3, 0.4) is 0 Å². The Morgan fingerprint density at radius 1 is 1.48 bits per heavy atom. The van der Waals surface area contributed by atoms with E-state index in [1.54, 1.807) is 19.2 Å². The third kappa shape index (κ3) is 4.42. The van der Waals surface area contributed by atoms with Gasteiger partial charge in [-0.2, -0.15) is 0 Å².